The Kier molecular flexibility index (Phi) is 5.93. The Morgan fingerprint density at radius 2 is 2.04 bits per heavy atom. The van der Waals surface area contributed by atoms with E-state index in [0.717, 1.165) is 33.5 Å². The Balaban J connectivity index is 1.44. The van der Waals surface area contributed by atoms with Gasteiger partial charge in [0, 0.05) is 18.5 Å². The van der Waals surface area contributed by atoms with Crippen molar-refractivity contribution in [3.63, 3.8) is 0 Å². The lowest BCUT2D eigenvalue weighted by atomic mass is 10.0. The van der Waals surface area contributed by atoms with Gasteiger partial charge in [0.15, 0.2) is 0 Å². The number of esters is 1. The molecule has 26 heavy (non-hydrogen) atoms. The zero-order valence-electron chi connectivity index (χ0n) is 14.5. The number of benzene rings is 2. The first kappa shape index (κ1) is 18.5. The maximum atomic E-state index is 11.9. The van der Waals surface area contributed by atoms with Crippen LogP contribution in [0.15, 0.2) is 40.9 Å². The quantitative estimate of drug-likeness (QED) is 0.429. The first-order valence-electron chi connectivity index (χ1n) is 8.54. The van der Waals surface area contributed by atoms with Crippen LogP contribution >= 0.6 is 15.9 Å². The van der Waals surface area contributed by atoms with Gasteiger partial charge in [-0.2, -0.15) is 0 Å². The summed E-state index contributed by atoms with van der Waals surface area (Å²) in [7, 11) is 0. The number of halogens is 1. The number of carbonyl (C=O) groups excluding carboxylic acids is 2. The largest absolute Gasteiger partial charge is 0.494 e. The van der Waals surface area contributed by atoms with Gasteiger partial charge in [0.25, 0.3) is 0 Å². The van der Waals surface area contributed by atoms with E-state index in [1.54, 1.807) is 6.07 Å². The van der Waals surface area contributed by atoms with E-state index >= 15 is 0 Å². The Morgan fingerprint density at radius 1 is 1.19 bits per heavy atom. The van der Waals surface area contributed by atoms with E-state index in [9.17, 15) is 9.59 Å². The molecule has 0 spiro atoms. The summed E-state index contributed by atoms with van der Waals surface area (Å²) >= 11 is 3.39. The van der Waals surface area contributed by atoms with Gasteiger partial charge in [0.1, 0.15) is 11.5 Å². The molecule has 0 bridgehead atoms. The average molecular weight is 418 g/mol. The van der Waals surface area contributed by atoms with Crippen molar-refractivity contribution in [3.05, 3.63) is 52.0 Å². The van der Waals surface area contributed by atoms with Crippen LogP contribution in [0.1, 0.15) is 30.4 Å². The fourth-order valence-electron chi connectivity index (χ4n) is 2.72. The van der Waals surface area contributed by atoms with Crippen molar-refractivity contribution >= 4 is 33.5 Å². The number of ether oxygens (including phenoxy) is 2. The van der Waals surface area contributed by atoms with Crippen LogP contribution in [-0.2, 0) is 16.0 Å². The third-order valence-electron chi connectivity index (χ3n) is 4.08. The summed E-state index contributed by atoms with van der Waals surface area (Å²) in [5.74, 6) is 1.03. The van der Waals surface area contributed by atoms with Gasteiger partial charge in [-0.3, -0.25) is 9.59 Å². The second-order valence-corrected chi connectivity index (χ2v) is 7.08. The fraction of sp³-hybridized carbons (Fsp3) is 0.300. The van der Waals surface area contributed by atoms with Crippen molar-refractivity contribution in [1.82, 2.24) is 0 Å². The minimum Gasteiger partial charge on any atom is -0.494 e. The van der Waals surface area contributed by atoms with Gasteiger partial charge in [0.05, 0.1) is 11.1 Å². The van der Waals surface area contributed by atoms with E-state index in [1.807, 2.05) is 37.3 Å². The number of hydrogen-bond donors (Lipinski definition) is 1. The zero-order valence-corrected chi connectivity index (χ0v) is 16.1. The van der Waals surface area contributed by atoms with Crippen molar-refractivity contribution in [3.8, 4) is 11.5 Å². The summed E-state index contributed by atoms with van der Waals surface area (Å²) in [6.45, 7) is 2.40. The van der Waals surface area contributed by atoms with Crippen molar-refractivity contribution < 1.29 is 19.1 Å². The number of hydrogen-bond acceptors (Lipinski definition) is 4. The van der Waals surface area contributed by atoms with Crippen molar-refractivity contribution in [2.75, 3.05) is 11.9 Å². The predicted octanol–water partition coefficient (Wildman–Crippen LogP) is 4.41. The van der Waals surface area contributed by atoms with Crippen LogP contribution in [0.3, 0.4) is 0 Å². The molecule has 1 heterocycles. The van der Waals surface area contributed by atoms with E-state index in [-0.39, 0.29) is 18.3 Å². The van der Waals surface area contributed by atoms with Crippen LogP contribution in [0.2, 0.25) is 0 Å². The highest BCUT2D eigenvalue weighted by molar-refractivity contribution is 9.10. The summed E-state index contributed by atoms with van der Waals surface area (Å²) < 4.78 is 11.8. The molecular formula is C20H20BrNO4. The molecule has 136 valence electrons. The number of fused-ring (bicyclic) bond motifs is 1. The van der Waals surface area contributed by atoms with Gasteiger partial charge < -0.3 is 14.8 Å². The van der Waals surface area contributed by atoms with Gasteiger partial charge in [-0.15, -0.1) is 0 Å². The third kappa shape index (κ3) is 4.85. The molecule has 0 unspecified atom stereocenters. The molecule has 0 radical (unpaired) electrons. The molecular weight excluding hydrogens is 398 g/mol. The summed E-state index contributed by atoms with van der Waals surface area (Å²) in [5.41, 5.74) is 3.02. The van der Waals surface area contributed by atoms with Crippen LogP contribution < -0.4 is 14.8 Å². The molecule has 0 saturated heterocycles. The lowest BCUT2D eigenvalue weighted by Gasteiger charge is -2.17. The molecule has 5 nitrogen and oxygen atoms in total. The number of carbonyl (C=O) groups is 2. The summed E-state index contributed by atoms with van der Waals surface area (Å²) in [5, 5.41) is 2.84. The number of anilines is 1. The Morgan fingerprint density at radius 3 is 2.85 bits per heavy atom. The monoisotopic (exact) mass is 417 g/mol. The highest BCUT2D eigenvalue weighted by atomic mass is 79.9. The standard InChI is InChI=1S/C20H20BrNO4/c1-13-4-8-18(16(21)11-13)26-20(24)3-2-10-25-15-6-7-17-14(12-15)5-9-19(23)22-17/h4,6-8,11-12H,2-3,5,9-10H2,1H3,(H,22,23). The molecule has 0 aliphatic carbocycles. The molecule has 0 aromatic heterocycles. The topological polar surface area (TPSA) is 64.6 Å². The van der Waals surface area contributed by atoms with Gasteiger partial charge in [-0.1, -0.05) is 6.07 Å². The summed E-state index contributed by atoms with van der Waals surface area (Å²) in [6, 6.07) is 11.2. The van der Waals surface area contributed by atoms with Crippen molar-refractivity contribution in [2.45, 2.75) is 32.6 Å². The second kappa shape index (κ2) is 8.36. The van der Waals surface area contributed by atoms with Crippen LogP contribution in [0.5, 0.6) is 11.5 Å². The van der Waals surface area contributed by atoms with Gasteiger partial charge in [0.2, 0.25) is 5.91 Å². The highest BCUT2D eigenvalue weighted by Crippen LogP contribution is 2.27. The Hall–Kier alpha value is -2.34. The smallest absolute Gasteiger partial charge is 0.311 e. The molecule has 0 atom stereocenters. The summed E-state index contributed by atoms with van der Waals surface area (Å²) in [4.78, 5) is 23.3. The van der Waals surface area contributed by atoms with E-state index in [4.69, 9.17) is 9.47 Å². The normalized spacial score (nSPS) is 12.9. The molecule has 0 fully saturated rings. The lowest BCUT2D eigenvalue weighted by Crippen LogP contribution is -2.18. The predicted molar refractivity (Wildman–Crippen MR) is 103 cm³/mol. The first-order valence-corrected chi connectivity index (χ1v) is 9.33. The molecule has 6 heteroatoms. The minimum atomic E-state index is -0.286. The van der Waals surface area contributed by atoms with E-state index < -0.39 is 0 Å². The van der Waals surface area contributed by atoms with Crippen LogP contribution in [0.25, 0.3) is 0 Å². The SMILES string of the molecule is Cc1ccc(OC(=O)CCCOc2ccc3c(c2)CCC(=O)N3)c(Br)c1. The molecule has 2 aromatic carbocycles. The molecule has 1 aliphatic heterocycles. The molecule has 1 amide bonds. The average Bonchev–Trinajstić information content (AvgIpc) is 2.61. The van der Waals surface area contributed by atoms with Gasteiger partial charge in [-0.25, -0.2) is 0 Å². The molecule has 1 N–H and O–H groups in total. The van der Waals surface area contributed by atoms with Crippen LogP contribution in [0, 0.1) is 6.92 Å². The molecule has 0 saturated carbocycles. The Labute approximate surface area is 160 Å². The number of rotatable bonds is 6. The van der Waals surface area contributed by atoms with Gasteiger partial charge >= 0.3 is 5.97 Å². The van der Waals surface area contributed by atoms with Crippen LogP contribution in [0.4, 0.5) is 5.69 Å². The minimum absolute atomic E-state index is 0.0462. The third-order valence-corrected chi connectivity index (χ3v) is 4.70. The highest BCUT2D eigenvalue weighted by Gasteiger charge is 2.15. The van der Waals surface area contributed by atoms with Gasteiger partial charge in [-0.05, 0) is 77.2 Å². The zero-order chi connectivity index (χ0) is 18.5. The summed E-state index contributed by atoms with van der Waals surface area (Å²) in [6.07, 6.45) is 2.06. The number of aryl methyl sites for hydroxylation is 2. The molecule has 1 aliphatic rings. The van der Waals surface area contributed by atoms with E-state index in [0.29, 0.717) is 25.2 Å². The second-order valence-electron chi connectivity index (χ2n) is 6.23. The van der Waals surface area contributed by atoms with Crippen molar-refractivity contribution in [2.24, 2.45) is 0 Å². The number of nitrogens with one attached hydrogen (secondary N) is 1. The molecule has 2 aromatic rings. The first-order chi connectivity index (χ1) is 12.5. The molecule has 3 rings (SSSR count). The maximum absolute atomic E-state index is 11.9. The fourth-order valence-corrected chi connectivity index (χ4v) is 3.29. The Bertz CT molecular complexity index is 835. The van der Waals surface area contributed by atoms with Crippen LogP contribution in [-0.4, -0.2) is 18.5 Å². The number of amides is 1. The van der Waals surface area contributed by atoms with E-state index in [2.05, 4.69) is 21.2 Å². The van der Waals surface area contributed by atoms with Crippen molar-refractivity contribution in [1.29, 1.82) is 0 Å². The lowest BCUT2D eigenvalue weighted by molar-refractivity contribution is -0.134. The maximum Gasteiger partial charge on any atom is 0.311 e. The van der Waals surface area contributed by atoms with E-state index in [1.165, 1.54) is 0 Å².